The van der Waals surface area contributed by atoms with Crippen molar-refractivity contribution in [3.63, 3.8) is 0 Å². The molecule has 0 fully saturated rings. The van der Waals surface area contributed by atoms with Crippen LogP contribution in [0.15, 0.2) is 22.3 Å². The normalized spacial score (nSPS) is 12.4. The monoisotopic (exact) mass is 263 g/mol. The molecule has 2 aromatic rings. The van der Waals surface area contributed by atoms with Crippen molar-refractivity contribution in [3.05, 3.63) is 33.6 Å². The Morgan fingerprint density at radius 1 is 1.50 bits per heavy atom. The number of rotatable bonds is 4. The second-order valence-corrected chi connectivity index (χ2v) is 5.23. The van der Waals surface area contributed by atoms with Gasteiger partial charge in [0.15, 0.2) is 5.13 Å². The SMILES string of the molecule is CCC(C)Nc1nc(-c2ccc(C)[nH]c2=O)cs1. The Labute approximate surface area is 110 Å². The first-order valence-electron chi connectivity index (χ1n) is 6.02. The summed E-state index contributed by atoms with van der Waals surface area (Å²) in [6.45, 7) is 6.10. The number of nitrogens with one attached hydrogen (secondary N) is 2. The lowest BCUT2D eigenvalue weighted by Gasteiger charge is -2.08. The van der Waals surface area contributed by atoms with Crippen LogP contribution in [-0.4, -0.2) is 16.0 Å². The van der Waals surface area contributed by atoms with Crippen molar-refractivity contribution in [2.75, 3.05) is 5.32 Å². The van der Waals surface area contributed by atoms with Crippen molar-refractivity contribution in [1.82, 2.24) is 9.97 Å². The smallest absolute Gasteiger partial charge is 0.257 e. The van der Waals surface area contributed by atoms with Crippen LogP contribution in [0.1, 0.15) is 26.0 Å². The Morgan fingerprint density at radius 2 is 2.28 bits per heavy atom. The van der Waals surface area contributed by atoms with E-state index in [-0.39, 0.29) is 5.56 Å². The molecule has 96 valence electrons. The van der Waals surface area contributed by atoms with Gasteiger partial charge in [0, 0.05) is 17.1 Å². The van der Waals surface area contributed by atoms with E-state index in [1.165, 1.54) is 11.3 Å². The molecule has 0 bridgehead atoms. The second-order valence-electron chi connectivity index (χ2n) is 4.38. The second kappa shape index (κ2) is 5.35. The Kier molecular flexibility index (Phi) is 3.81. The highest BCUT2D eigenvalue weighted by molar-refractivity contribution is 7.14. The molecule has 0 aliphatic heterocycles. The van der Waals surface area contributed by atoms with E-state index in [4.69, 9.17) is 0 Å². The fourth-order valence-corrected chi connectivity index (χ4v) is 2.37. The fraction of sp³-hybridized carbons (Fsp3) is 0.385. The van der Waals surface area contributed by atoms with E-state index in [1.54, 1.807) is 0 Å². The van der Waals surface area contributed by atoms with Crippen molar-refractivity contribution in [2.24, 2.45) is 0 Å². The zero-order valence-corrected chi connectivity index (χ0v) is 11.6. The van der Waals surface area contributed by atoms with Gasteiger partial charge in [0.2, 0.25) is 0 Å². The van der Waals surface area contributed by atoms with Crippen LogP contribution in [0.2, 0.25) is 0 Å². The third-order valence-corrected chi connectivity index (χ3v) is 3.59. The van der Waals surface area contributed by atoms with E-state index in [0.29, 0.717) is 11.6 Å². The molecule has 4 nitrogen and oxygen atoms in total. The lowest BCUT2D eigenvalue weighted by Crippen LogP contribution is -2.13. The summed E-state index contributed by atoms with van der Waals surface area (Å²) in [6, 6.07) is 4.09. The molecule has 2 rings (SSSR count). The summed E-state index contributed by atoms with van der Waals surface area (Å²) in [4.78, 5) is 19.1. The molecule has 0 radical (unpaired) electrons. The van der Waals surface area contributed by atoms with Gasteiger partial charge < -0.3 is 10.3 Å². The van der Waals surface area contributed by atoms with Crippen LogP contribution in [0.4, 0.5) is 5.13 Å². The molecule has 0 saturated heterocycles. The highest BCUT2D eigenvalue weighted by atomic mass is 32.1. The van der Waals surface area contributed by atoms with Gasteiger partial charge in [-0.15, -0.1) is 11.3 Å². The molecule has 0 aliphatic carbocycles. The number of aryl methyl sites for hydroxylation is 1. The number of aromatic amines is 1. The minimum Gasteiger partial charge on any atom is -0.359 e. The van der Waals surface area contributed by atoms with E-state index >= 15 is 0 Å². The third kappa shape index (κ3) is 2.79. The molecule has 0 saturated carbocycles. The molecule has 18 heavy (non-hydrogen) atoms. The van der Waals surface area contributed by atoms with Gasteiger partial charge in [-0.1, -0.05) is 6.92 Å². The first kappa shape index (κ1) is 12.8. The molecule has 2 N–H and O–H groups in total. The van der Waals surface area contributed by atoms with Gasteiger partial charge in [-0.2, -0.15) is 0 Å². The molecule has 0 aliphatic rings. The van der Waals surface area contributed by atoms with Gasteiger partial charge in [0.1, 0.15) is 0 Å². The predicted molar refractivity (Wildman–Crippen MR) is 76.3 cm³/mol. The first-order valence-corrected chi connectivity index (χ1v) is 6.90. The van der Waals surface area contributed by atoms with E-state index in [2.05, 4.69) is 29.1 Å². The number of hydrogen-bond donors (Lipinski definition) is 2. The summed E-state index contributed by atoms with van der Waals surface area (Å²) in [5.41, 5.74) is 2.12. The number of pyridine rings is 1. The summed E-state index contributed by atoms with van der Waals surface area (Å²) in [7, 11) is 0. The van der Waals surface area contributed by atoms with Crippen LogP contribution >= 0.6 is 11.3 Å². The van der Waals surface area contributed by atoms with Crippen LogP contribution in [0.25, 0.3) is 11.3 Å². The third-order valence-electron chi connectivity index (χ3n) is 2.82. The van der Waals surface area contributed by atoms with Crippen LogP contribution in [0, 0.1) is 6.92 Å². The summed E-state index contributed by atoms with van der Waals surface area (Å²) < 4.78 is 0. The molecule has 1 atom stereocenters. The minimum atomic E-state index is -0.0876. The van der Waals surface area contributed by atoms with Gasteiger partial charge in [-0.05, 0) is 32.4 Å². The van der Waals surface area contributed by atoms with Gasteiger partial charge in [0.05, 0.1) is 11.3 Å². The molecular formula is C13H17N3OS. The Balaban J connectivity index is 2.27. The molecule has 2 aromatic heterocycles. The van der Waals surface area contributed by atoms with Crippen molar-refractivity contribution in [2.45, 2.75) is 33.2 Å². The van der Waals surface area contributed by atoms with Crippen LogP contribution in [0.5, 0.6) is 0 Å². The van der Waals surface area contributed by atoms with Crippen molar-refractivity contribution < 1.29 is 0 Å². The maximum Gasteiger partial charge on any atom is 0.257 e. The topological polar surface area (TPSA) is 57.8 Å². The van der Waals surface area contributed by atoms with Crippen LogP contribution < -0.4 is 10.9 Å². The number of H-pyrrole nitrogens is 1. The molecule has 5 heteroatoms. The van der Waals surface area contributed by atoms with Crippen molar-refractivity contribution in [3.8, 4) is 11.3 Å². The predicted octanol–water partition coefficient (Wildman–Crippen LogP) is 3.02. The zero-order chi connectivity index (χ0) is 13.1. The van der Waals surface area contributed by atoms with E-state index in [1.807, 2.05) is 24.4 Å². The standard InChI is InChI=1S/C13H17N3OS/c1-4-8(2)15-13-16-11(7-18-13)10-6-5-9(3)14-12(10)17/h5-8H,4H2,1-3H3,(H,14,17)(H,15,16). The maximum atomic E-state index is 11.8. The fourth-order valence-electron chi connectivity index (χ4n) is 1.55. The maximum absolute atomic E-state index is 11.8. The van der Waals surface area contributed by atoms with Gasteiger partial charge >= 0.3 is 0 Å². The highest BCUT2D eigenvalue weighted by Gasteiger charge is 2.09. The number of anilines is 1. The van der Waals surface area contributed by atoms with Gasteiger partial charge in [-0.3, -0.25) is 4.79 Å². The Morgan fingerprint density at radius 3 is 2.94 bits per heavy atom. The van der Waals surface area contributed by atoms with Crippen LogP contribution in [-0.2, 0) is 0 Å². The van der Waals surface area contributed by atoms with E-state index in [0.717, 1.165) is 22.9 Å². The van der Waals surface area contributed by atoms with Crippen molar-refractivity contribution >= 4 is 16.5 Å². The van der Waals surface area contributed by atoms with Gasteiger partial charge in [-0.25, -0.2) is 4.98 Å². The molecular weight excluding hydrogens is 246 g/mol. The van der Waals surface area contributed by atoms with Crippen LogP contribution in [0.3, 0.4) is 0 Å². The zero-order valence-electron chi connectivity index (χ0n) is 10.8. The number of thiazole rings is 1. The molecule has 2 heterocycles. The van der Waals surface area contributed by atoms with E-state index in [9.17, 15) is 4.79 Å². The average Bonchev–Trinajstić information content (AvgIpc) is 2.77. The molecule has 0 amide bonds. The summed E-state index contributed by atoms with van der Waals surface area (Å²) in [6.07, 6.45) is 1.04. The number of nitrogens with zero attached hydrogens (tertiary/aromatic N) is 1. The van der Waals surface area contributed by atoms with Gasteiger partial charge in [0.25, 0.3) is 5.56 Å². The largest absolute Gasteiger partial charge is 0.359 e. The number of hydrogen-bond acceptors (Lipinski definition) is 4. The molecule has 1 unspecified atom stereocenters. The molecule has 0 aromatic carbocycles. The average molecular weight is 263 g/mol. The highest BCUT2D eigenvalue weighted by Crippen LogP contribution is 2.23. The molecule has 0 spiro atoms. The lowest BCUT2D eigenvalue weighted by molar-refractivity contribution is 0.763. The first-order chi connectivity index (χ1) is 8.60. The summed E-state index contributed by atoms with van der Waals surface area (Å²) >= 11 is 1.53. The Bertz CT molecular complexity index is 588. The quantitative estimate of drug-likeness (QED) is 0.891. The summed E-state index contributed by atoms with van der Waals surface area (Å²) in [5.74, 6) is 0. The lowest BCUT2D eigenvalue weighted by atomic mass is 10.2. The van der Waals surface area contributed by atoms with E-state index < -0.39 is 0 Å². The minimum absolute atomic E-state index is 0.0876. The van der Waals surface area contributed by atoms with Crippen molar-refractivity contribution in [1.29, 1.82) is 0 Å². The summed E-state index contributed by atoms with van der Waals surface area (Å²) in [5, 5.41) is 6.08. The number of aromatic nitrogens is 2. The Hall–Kier alpha value is -1.62.